The number of benzene rings is 1. The molecule has 0 aromatic heterocycles. The summed E-state index contributed by atoms with van der Waals surface area (Å²) >= 11 is 0. The van der Waals surface area contributed by atoms with Crippen LogP contribution in [0.25, 0.3) is 0 Å². The van der Waals surface area contributed by atoms with Gasteiger partial charge in [0.25, 0.3) is 0 Å². The standard InChI is InChI=1S/C17H26O4/c1-7-21-17(19)15(18)14-12(10(2)3)8-9-13(11(4)5)16(14)20-6/h8-11,15,18H,7H2,1-6H3. The van der Waals surface area contributed by atoms with Gasteiger partial charge in [0.1, 0.15) is 5.75 Å². The molecule has 4 nitrogen and oxygen atoms in total. The van der Waals surface area contributed by atoms with Gasteiger partial charge in [-0.2, -0.15) is 0 Å². The summed E-state index contributed by atoms with van der Waals surface area (Å²) in [5.74, 6) is 0.337. The maximum absolute atomic E-state index is 11.9. The quantitative estimate of drug-likeness (QED) is 0.815. The first kappa shape index (κ1) is 17.5. The van der Waals surface area contributed by atoms with Crippen LogP contribution in [0.1, 0.15) is 69.2 Å². The summed E-state index contributed by atoms with van der Waals surface area (Å²) < 4.78 is 10.5. The molecule has 0 fully saturated rings. The van der Waals surface area contributed by atoms with Gasteiger partial charge < -0.3 is 14.6 Å². The van der Waals surface area contributed by atoms with Gasteiger partial charge in [0.15, 0.2) is 6.10 Å². The van der Waals surface area contributed by atoms with Crippen LogP contribution in [0.15, 0.2) is 12.1 Å². The summed E-state index contributed by atoms with van der Waals surface area (Å²) in [6, 6.07) is 3.96. The zero-order valence-corrected chi connectivity index (χ0v) is 13.8. The van der Waals surface area contributed by atoms with Gasteiger partial charge in [0, 0.05) is 5.56 Å². The monoisotopic (exact) mass is 294 g/mol. The Morgan fingerprint density at radius 3 is 2.10 bits per heavy atom. The third-order valence-corrected chi connectivity index (χ3v) is 3.49. The number of carbonyl (C=O) groups is 1. The molecule has 0 saturated heterocycles. The molecule has 0 saturated carbocycles. The Morgan fingerprint density at radius 1 is 1.14 bits per heavy atom. The van der Waals surface area contributed by atoms with Gasteiger partial charge >= 0.3 is 5.97 Å². The lowest BCUT2D eigenvalue weighted by Gasteiger charge is -2.23. The molecule has 0 spiro atoms. The fourth-order valence-electron chi connectivity index (χ4n) is 2.44. The molecular weight excluding hydrogens is 268 g/mol. The molecule has 1 atom stereocenters. The van der Waals surface area contributed by atoms with Crippen molar-refractivity contribution >= 4 is 5.97 Å². The predicted octanol–water partition coefficient (Wildman–Crippen LogP) is 3.54. The molecule has 1 unspecified atom stereocenters. The number of hydrogen-bond donors (Lipinski definition) is 1. The average Bonchev–Trinajstić information content (AvgIpc) is 2.44. The van der Waals surface area contributed by atoms with Crippen molar-refractivity contribution in [2.75, 3.05) is 13.7 Å². The molecule has 0 aliphatic carbocycles. The van der Waals surface area contributed by atoms with Crippen LogP contribution >= 0.6 is 0 Å². The first-order valence-electron chi connectivity index (χ1n) is 7.40. The Balaban J connectivity index is 3.49. The number of esters is 1. The van der Waals surface area contributed by atoms with E-state index in [2.05, 4.69) is 0 Å². The molecule has 1 N–H and O–H groups in total. The van der Waals surface area contributed by atoms with Crippen LogP contribution in [0.2, 0.25) is 0 Å². The third-order valence-electron chi connectivity index (χ3n) is 3.49. The van der Waals surface area contributed by atoms with Crippen molar-refractivity contribution in [2.24, 2.45) is 0 Å². The van der Waals surface area contributed by atoms with Crippen molar-refractivity contribution in [3.8, 4) is 5.75 Å². The third kappa shape index (κ3) is 3.76. The van der Waals surface area contributed by atoms with Gasteiger partial charge in [-0.05, 0) is 29.9 Å². The van der Waals surface area contributed by atoms with Crippen LogP contribution in [0.3, 0.4) is 0 Å². The minimum absolute atomic E-state index is 0.166. The molecule has 0 radical (unpaired) electrons. The van der Waals surface area contributed by atoms with E-state index >= 15 is 0 Å². The first-order chi connectivity index (χ1) is 9.84. The molecule has 21 heavy (non-hydrogen) atoms. The van der Waals surface area contributed by atoms with Gasteiger partial charge in [-0.25, -0.2) is 4.79 Å². The zero-order valence-electron chi connectivity index (χ0n) is 13.8. The SMILES string of the molecule is CCOC(=O)C(O)c1c(C(C)C)ccc(C(C)C)c1OC. The number of methoxy groups -OCH3 is 1. The predicted molar refractivity (Wildman–Crippen MR) is 82.8 cm³/mol. The zero-order chi connectivity index (χ0) is 16.2. The second-order valence-electron chi connectivity index (χ2n) is 5.65. The number of ether oxygens (including phenoxy) is 2. The molecule has 0 heterocycles. The highest BCUT2D eigenvalue weighted by Gasteiger charge is 2.28. The van der Waals surface area contributed by atoms with Crippen molar-refractivity contribution in [3.05, 3.63) is 28.8 Å². The van der Waals surface area contributed by atoms with Crippen LogP contribution in [0.4, 0.5) is 0 Å². The van der Waals surface area contributed by atoms with E-state index in [1.807, 2.05) is 39.8 Å². The molecule has 0 aliphatic heterocycles. The van der Waals surface area contributed by atoms with Crippen molar-refractivity contribution in [2.45, 2.75) is 52.6 Å². The molecule has 0 aliphatic rings. The summed E-state index contributed by atoms with van der Waals surface area (Å²) in [4.78, 5) is 11.9. The van der Waals surface area contributed by atoms with Crippen LogP contribution in [-0.2, 0) is 9.53 Å². The van der Waals surface area contributed by atoms with E-state index in [0.29, 0.717) is 11.3 Å². The van der Waals surface area contributed by atoms with Crippen molar-refractivity contribution < 1.29 is 19.4 Å². The van der Waals surface area contributed by atoms with E-state index < -0.39 is 12.1 Å². The molecule has 118 valence electrons. The molecule has 1 rings (SSSR count). The minimum atomic E-state index is -1.32. The number of aliphatic hydroxyl groups excluding tert-OH is 1. The van der Waals surface area contributed by atoms with Gasteiger partial charge in [-0.15, -0.1) is 0 Å². The van der Waals surface area contributed by atoms with Gasteiger partial charge in [-0.3, -0.25) is 0 Å². The fraction of sp³-hybridized carbons (Fsp3) is 0.588. The highest BCUT2D eigenvalue weighted by Crippen LogP contribution is 2.39. The minimum Gasteiger partial charge on any atom is -0.496 e. The Labute approximate surface area is 127 Å². The molecule has 0 bridgehead atoms. The van der Waals surface area contributed by atoms with E-state index in [4.69, 9.17) is 9.47 Å². The fourth-order valence-corrected chi connectivity index (χ4v) is 2.44. The van der Waals surface area contributed by atoms with Crippen molar-refractivity contribution in [3.63, 3.8) is 0 Å². The van der Waals surface area contributed by atoms with E-state index in [9.17, 15) is 9.90 Å². The highest BCUT2D eigenvalue weighted by molar-refractivity contribution is 5.78. The largest absolute Gasteiger partial charge is 0.496 e. The van der Waals surface area contributed by atoms with E-state index in [1.54, 1.807) is 14.0 Å². The Kier molecular flexibility index (Phi) is 6.21. The van der Waals surface area contributed by atoms with E-state index in [-0.39, 0.29) is 18.4 Å². The lowest BCUT2D eigenvalue weighted by atomic mass is 9.88. The smallest absolute Gasteiger partial charge is 0.339 e. The van der Waals surface area contributed by atoms with E-state index in [0.717, 1.165) is 11.1 Å². The highest BCUT2D eigenvalue weighted by atomic mass is 16.5. The summed E-state index contributed by atoms with van der Waals surface area (Å²) in [6.07, 6.45) is -1.32. The van der Waals surface area contributed by atoms with Crippen LogP contribution in [-0.4, -0.2) is 24.8 Å². The maximum atomic E-state index is 11.9. The summed E-state index contributed by atoms with van der Waals surface area (Å²) in [6.45, 7) is 10.1. The maximum Gasteiger partial charge on any atom is 0.339 e. The molecule has 0 amide bonds. The topological polar surface area (TPSA) is 55.8 Å². The molecule has 1 aromatic rings. The molecule has 1 aromatic carbocycles. The van der Waals surface area contributed by atoms with E-state index in [1.165, 1.54) is 0 Å². The summed E-state index contributed by atoms with van der Waals surface area (Å²) in [5.41, 5.74) is 2.40. The van der Waals surface area contributed by atoms with Crippen molar-refractivity contribution in [1.82, 2.24) is 0 Å². The lowest BCUT2D eigenvalue weighted by Crippen LogP contribution is -2.19. The molecule has 4 heteroatoms. The lowest BCUT2D eigenvalue weighted by molar-refractivity contribution is -0.153. The number of aliphatic hydroxyl groups is 1. The second-order valence-corrected chi connectivity index (χ2v) is 5.65. The number of hydrogen-bond acceptors (Lipinski definition) is 4. The average molecular weight is 294 g/mol. The summed E-state index contributed by atoms with van der Waals surface area (Å²) in [5, 5.41) is 10.4. The van der Waals surface area contributed by atoms with Gasteiger partial charge in [0.2, 0.25) is 0 Å². The van der Waals surface area contributed by atoms with Gasteiger partial charge in [0.05, 0.1) is 13.7 Å². The summed E-state index contributed by atoms with van der Waals surface area (Å²) in [7, 11) is 1.56. The van der Waals surface area contributed by atoms with Gasteiger partial charge in [-0.1, -0.05) is 39.8 Å². The number of rotatable bonds is 6. The Morgan fingerprint density at radius 2 is 1.67 bits per heavy atom. The van der Waals surface area contributed by atoms with Crippen LogP contribution < -0.4 is 4.74 Å². The first-order valence-corrected chi connectivity index (χ1v) is 7.40. The number of carbonyl (C=O) groups excluding carboxylic acids is 1. The van der Waals surface area contributed by atoms with Crippen LogP contribution in [0.5, 0.6) is 5.75 Å². The second kappa shape index (κ2) is 7.46. The Hall–Kier alpha value is -1.55. The molecular formula is C17H26O4. The normalized spacial score (nSPS) is 12.6. The van der Waals surface area contributed by atoms with Crippen molar-refractivity contribution in [1.29, 1.82) is 0 Å². The Bertz CT molecular complexity index is 492. The van der Waals surface area contributed by atoms with Crippen LogP contribution in [0, 0.1) is 0 Å².